The molecule has 42 heavy (non-hydrogen) atoms. The maximum atomic E-state index is 6.27. The van der Waals surface area contributed by atoms with Crippen LogP contribution in [0.25, 0.3) is 0 Å². The van der Waals surface area contributed by atoms with Crippen molar-refractivity contribution >= 4 is 11.9 Å². The highest BCUT2D eigenvalue weighted by molar-refractivity contribution is 5.35. The van der Waals surface area contributed by atoms with E-state index in [-0.39, 0.29) is 18.7 Å². The molecule has 0 amide bonds. The average Bonchev–Trinajstić information content (AvgIpc) is 3.74. The molecule has 0 aromatic carbocycles. The topological polar surface area (TPSA) is 154 Å². The van der Waals surface area contributed by atoms with Crippen LogP contribution in [0.5, 0.6) is 6.01 Å². The Labute approximate surface area is 244 Å². The summed E-state index contributed by atoms with van der Waals surface area (Å²) in [6.07, 6.45) is 10.4. The van der Waals surface area contributed by atoms with E-state index in [1.165, 1.54) is 0 Å². The fourth-order valence-corrected chi connectivity index (χ4v) is 5.33. The lowest BCUT2D eigenvalue weighted by Gasteiger charge is -2.36. The van der Waals surface area contributed by atoms with Crippen molar-refractivity contribution in [3.63, 3.8) is 0 Å². The Morgan fingerprint density at radius 2 is 1.33 bits per heavy atom. The van der Waals surface area contributed by atoms with Gasteiger partial charge in [-0.2, -0.15) is 15.0 Å². The van der Waals surface area contributed by atoms with Gasteiger partial charge in [0.1, 0.15) is 31.0 Å². The molecule has 3 aliphatic heterocycles. The Balaban J connectivity index is 1.11. The fraction of sp³-hybridized carbons (Fsp3) is 0.667. The van der Waals surface area contributed by atoms with Crippen LogP contribution in [0.4, 0.5) is 11.9 Å². The number of nitrogens with zero attached hydrogens (tertiary/aromatic N) is 7. The first kappa shape index (κ1) is 28.7. The van der Waals surface area contributed by atoms with Gasteiger partial charge in [-0.1, -0.05) is 0 Å². The highest BCUT2D eigenvalue weighted by Crippen LogP contribution is 2.44. The third-order valence-corrected chi connectivity index (χ3v) is 7.11. The Kier molecular flexibility index (Phi) is 8.27. The summed E-state index contributed by atoms with van der Waals surface area (Å²) in [6.45, 7) is 10.6. The number of hydrogen-bond donors (Lipinski definition) is 2. The number of aromatic nitrogens is 7. The van der Waals surface area contributed by atoms with E-state index in [1.54, 1.807) is 25.0 Å². The van der Waals surface area contributed by atoms with Gasteiger partial charge < -0.3 is 48.2 Å². The molecule has 15 heteroatoms. The van der Waals surface area contributed by atoms with Crippen molar-refractivity contribution in [2.75, 3.05) is 30.3 Å². The second kappa shape index (κ2) is 12.1. The number of nitrogens with one attached hydrogen (secondary N) is 2. The first-order valence-electron chi connectivity index (χ1n) is 14.4. The molecular weight excluding hydrogens is 546 g/mol. The van der Waals surface area contributed by atoms with Crippen LogP contribution < -0.4 is 15.4 Å². The molecule has 5 atom stereocenters. The van der Waals surface area contributed by atoms with Crippen molar-refractivity contribution in [3.05, 3.63) is 37.4 Å². The van der Waals surface area contributed by atoms with Gasteiger partial charge in [0.25, 0.3) is 0 Å². The quantitative estimate of drug-likeness (QED) is 0.282. The smallest absolute Gasteiger partial charge is 0.323 e. The summed E-state index contributed by atoms with van der Waals surface area (Å²) in [7, 11) is 0. The molecule has 3 aliphatic rings. The first-order valence-corrected chi connectivity index (χ1v) is 14.4. The molecule has 6 rings (SSSR count). The van der Waals surface area contributed by atoms with Gasteiger partial charge in [-0.05, 0) is 40.5 Å². The van der Waals surface area contributed by atoms with Crippen LogP contribution in [-0.2, 0) is 36.8 Å². The van der Waals surface area contributed by atoms with Gasteiger partial charge in [0.05, 0.1) is 12.7 Å². The zero-order chi connectivity index (χ0) is 29.2. The largest absolute Gasteiger partial charge is 0.460 e. The molecule has 228 valence electrons. The number of aryl methyl sites for hydroxylation is 2. The van der Waals surface area contributed by atoms with Gasteiger partial charge in [0.15, 0.2) is 17.9 Å². The van der Waals surface area contributed by atoms with Crippen molar-refractivity contribution in [1.29, 1.82) is 0 Å². The van der Waals surface area contributed by atoms with Gasteiger partial charge in [0, 0.05) is 51.0 Å². The van der Waals surface area contributed by atoms with Gasteiger partial charge in [-0.15, -0.1) is 0 Å². The molecule has 0 spiro atoms. The highest BCUT2D eigenvalue weighted by Gasteiger charge is 2.60. The Hall–Kier alpha value is -3.37. The number of rotatable bonds is 13. The molecule has 0 radical (unpaired) electrons. The van der Waals surface area contributed by atoms with Crippen molar-refractivity contribution in [2.24, 2.45) is 0 Å². The minimum Gasteiger partial charge on any atom is -0.460 e. The van der Waals surface area contributed by atoms with E-state index >= 15 is 0 Å². The Morgan fingerprint density at radius 1 is 0.762 bits per heavy atom. The summed E-state index contributed by atoms with van der Waals surface area (Å²) in [6, 6.07) is 0.170. The van der Waals surface area contributed by atoms with Crippen LogP contribution in [-0.4, -0.2) is 96.0 Å². The van der Waals surface area contributed by atoms with Crippen LogP contribution >= 0.6 is 0 Å². The summed E-state index contributed by atoms with van der Waals surface area (Å²) in [4.78, 5) is 21.7. The molecule has 3 aromatic rings. The predicted octanol–water partition coefficient (Wildman–Crippen LogP) is 2.04. The fourth-order valence-electron chi connectivity index (χ4n) is 5.33. The van der Waals surface area contributed by atoms with Gasteiger partial charge >= 0.3 is 6.01 Å². The summed E-state index contributed by atoms with van der Waals surface area (Å²) < 4.78 is 40.9. The maximum absolute atomic E-state index is 6.27. The van der Waals surface area contributed by atoms with E-state index in [1.807, 2.05) is 49.2 Å². The van der Waals surface area contributed by atoms with Crippen LogP contribution in [0.2, 0.25) is 0 Å². The summed E-state index contributed by atoms with van der Waals surface area (Å²) in [5, 5.41) is 6.57. The van der Waals surface area contributed by atoms with E-state index in [9.17, 15) is 0 Å². The van der Waals surface area contributed by atoms with Crippen molar-refractivity contribution in [3.8, 4) is 6.01 Å². The molecule has 6 heterocycles. The monoisotopic (exact) mass is 585 g/mol. The lowest BCUT2D eigenvalue weighted by atomic mass is 9.99. The van der Waals surface area contributed by atoms with E-state index in [0.29, 0.717) is 25.0 Å². The normalized spacial score (nSPS) is 27.4. The second-order valence-electron chi connectivity index (χ2n) is 11.4. The molecular formula is C27H39N9O6. The van der Waals surface area contributed by atoms with Crippen molar-refractivity contribution in [2.45, 2.75) is 95.9 Å². The van der Waals surface area contributed by atoms with Crippen molar-refractivity contribution < 1.29 is 28.4 Å². The van der Waals surface area contributed by atoms with E-state index < -0.39 is 36.2 Å². The Bertz CT molecular complexity index is 1230. The highest BCUT2D eigenvalue weighted by atomic mass is 16.9. The Morgan fingerprint density at radius 3 is 1.93 bits per heavy atom. The zero-order valence-corrected chi connectivity index (χ0v) is 24.4. The van der Waals surface area contributed by atoms with E-state index in [4.69, 9.17) is 28.4 Å². The van der Waals surface area contributed by atoms with Crippen LogP contribution in [0.3, 0.4) is 0 Å². The lowest BCUT2D eigenvalue weighted by molar-refractivity contribution is -0.238. The predicted molar refractivity (Wildman–Crippen MR) is 149 cm³/mol. The summed E-state index contributed by atoms with van der Waals surface area (Å²) in [5.74, 6) is -0.754. The number of anilines is 2. The minimum atomic E-state index is -0.795. The van der Waals surface area contributed by atoms with Gasteiger partial charge in [-0.3, -0.25) is 0 Å². The molecule has 0 aliphatic carbocycles. The zero-order valence-electron chi connectivity index (χ0n) is 24.4. The molecule has 15 nitrogen and oxygen atoms in total. The third kappa shape index (κ3) is 6.98. The van der Waals surface area contributed by atoms with Crippen molar-refractivity contribution in [1.82, 2.24) is 34.1 Å². The second-order valence-corrected chi connectivity index (χ2v) is 11.4. The molecule has 0 unspecified atom stereocenters. The van der Waals surface area contributed by atoms with E-state index in [2.05, 4.69) is 35.6 Å². The van der Waals surface area contributed by atoms with Gasteiger partial charge in [0.2, 0.25) is 11.9 Å². The molecule has 3 saturated heterocycles. The van der Waals surface area contributed by atoms with Crippen LogP contribution in [0, 0.1) is 0 Å². The number of ether oxygens (including phenoxy) is 6. The third-order valence-electron chi connectivity index (χ3n) is 7.11. The maximum Gasteiger partial charge on any atom is 0.323 e. The first-order chi connectivity index (χ1) is 20.2. The van der Waals surface area contributed by atoms with E-state index in [0.717, 1.165) is 25.9 Å². The van der Waals surface area contributed by atoms with Crippen LogP contribution in [0.15, 0.2) is 37.4 Å². The number of imidazole rings is 2. The molecule has 3 fully saturated rings. The summed E-state index contributed by atoms with van der Waals surface area (Å²) >= 11 is 0. The van der Waals surface area contributed by atoms with Crippen LogP contribution in [0.1, 0.15) is 40.5 Å². The minimum absolute atomic E-state index is 0.123. The number of hydrogen-bond acceptors (Lipinski definition) is 13. The molecule has 0 bridgehead atoms. The summed E-state index contributed by atoms with van der Waals surface area (Å²) in [5.41, 5.74) is 0. The molecule has 2 N–H and O–H groups in total. The molecule has 0 saturated carbocycles. The van der Waals surface area contributed by atoms with Gasteiger partial charge in [-0.25, -0.2) is 9.97 Å². The SMILES string of the molecule is CC1(C)O[C@H]2[C@@H](O1)[C@@H](COc1nc(NCCCn3ccnc3)nc(NCCCn3ccnc3)n1)O[C@@H]1OC(C)(C)O[C@@H]12. The molecule has 3 aromatic heterocycles. The average molecular weight is 586 g/mol. The standard InChI is InChI=1S/C27H39N9O6/c1-26(2)39-19-18(38-22-21(20(19)40-26)41-27(3,4)42-22)15-37-25-33-23(30-7-5-11-35-13-9-28-16-35)32-24(34-25)31-8-6-12-36-14-10-29-17-36/h9-10,13-14,16-22H,5-8,11-12,15H2,1-4H3,(H2,30,31,32,33,34)/t18-,19+,20+,21-,22-/m1/s1. The number of fused-ring (bicyclic) bond motifs is 3. The lowest BCUT2D eigenvalue weighted by Crippen LogP contribution is -2.56.